The van der Waals surface area contributed by atoms with Gasteiger partial charge in [0.2, 0.25) is 5.95 Å². The Morgan fingerprint density at radius 3 is 2.84 bits per heavy atom. The summed E-state index contributed by atoms with van der Waals surface area (Å²) in [7, 11) is 1.58. The highest BCUT2D eigenvalue weighted by molar-refractivity contribution is 6.32. The molecule has 0 unspecified atom stereocenters. The molecule has 1 saturated heterocycles. The van der Waals surface area contributed by atoms with Crippen LogP contribution in [0.15, 0.2) is 48.8 Å². The van der Waals surface area contributed by atoms with Gasteiger partial charge in [0.05, 0.1) is 36.2 Å². The van der Waals surface area contributed by atoms with Crippen molar-refractivity contribution in [2.24, 2.45) is 0 Å². The second-order valence-corrected chi connectivity index (χ2v) is 7.95. The van der Waals surface area contributed by atoms with E-state index in [1.54, 1.807) is 31.6 Å². The van der Waals surface area contributed by atoms with Crippen molar-refractivity contribution in [3.63, 3.8) is 0 Å². The van der Waals surface area contributed by atoms with Gasteiger partial charge in [-0.25, -0.2) is 9.97 Å². The molecule has 0 aliphatic carbocycles. The molecule has 1 aliphatic rings. The van der Waals surface area contributed by atoms with E-state index in [0.717, 1.165) is 24.9 Å². The van der Waals surface area contributed by atoms with Crippen molar-refractivity contribution < 1.29 is 14.9 Å². The number of benzene rings is 1. The van der Waals surface area contributed by atoms with Crippen LogP contribution in [0.2, 0.25) is 5.02 Å². The van der Waals surface area contributed by atoms with Gasteiger partial charge in [-0.1, -0.05) is 23.7 Å². The summed E-state index contributed by atoms with van der Waals surface area (Å²) in [5, 5.41) is 21.2. The highest BCUT2D eigenvalue weighted by atomic mass is 35.5. The summed E-state index contributed by atoms with van der Waals surface area (Å²) in [5.74, 6) is 1.16. The fourth-order valence-corrected chi connectivity index (χ4v) is 4.20. The fraction of sp³-hybridized carbons (Fsp3) is 0.348. The van der Waals surface area contributed by atoms with Crippen molar-refractivity contribution in [3.8, 4) is 5.75 Å². The summed E-state index contributed by atoms with van der Waals surface area (Å²) in [6, 6.07) is 11.0. The second kappa shape index (κ2) is 9.60. The summed E-state index contributed by atoms with van der Waals surface area (Å²) >= 11 is 6.31. The summed E-state index contributed by atoms with van der Waals surface area (Å²) in [6.07, 6.45) is 4.70. The molecule has 2 N–H and O–H groups in total. The molecule has 31 heavy (non-hydrogen) atoms. The van der Waals surface area contributed by atoms with Crippen LogP contribution >= 0.6 is 11.6 Å². The summed E-state index contributed by atoms with van der Waals surface area (Å²) in [4.78, 5) is 15.6. The Labute approximate surface area is 186 Å². The van der Waals surface area contributed by atoms with Crippen LogP contribution in [0.1, 0.15) is 41.5 Å². The number of pyridine rings is 1. The maximum absolute atomic E-state index is 11.0. The average Bonchev–Trinajstić information content (AvgIpc) is 3.28. The maximum Gasteiger partial charge on any atom is 0.225 e. The van der Waals surface area contributed by atoms with Crippen LogP contribution in [-0.4, -0.2) is 51.5 Å². The predicted molar refractivity (Wildman–Crippen MR) is 119 cm³/mol. The van der Waals surface area contributed by atoms with Gasteiger partial charge in [-0.2, -0.15) is 0 Å². The molecule has 162 valence electrons. The maximum atomic E-state index is 11.0. The minimum Gasteiger partial charge on any atom is -0.495 e. The van der Waals surface area contributed by atoms with E-state index in [4.69, 9.17) is 21.3 Å². The lowest BCUT2D eigenvalue weighted by atomic mass is 10.0. The standard InChI is InChI=1S/C23H25ClN4O3/c1-31-21-8-7-15(11-18(21)24)12-20-17(22(30)19-6-2-3-9-25-19)13-26-23(27-20)28-10-4-5-16(28)14-29/h2-3,6-9,11,13,16,22,29-30H,4-5,10,12,14H2,1H3/t16-,22-/m0/s1. The monoisotopic (exact) mass is 440 g/mol. The van der Waals surface area contributed by atoms with E-state index in [1.807, 2.05) is 29.2 Å². The Morgan fingerprint density at radius 1 is 1.26 bits per heavy atom. The molecule has 1 aliphatic heterocycles. The van der Waals surface area contributed by atoms with Crippen LogP contribution in [0.3, 0.4) is 0 Å². The zero-order valence-corrected chi connectivity index (χ0v) is 18.0. The Bertz CT molecular complexity index is 1030. The van der Waals surface area contributed by atoms with Crippen LogP contribution in [0, 0.1) is 0 Å². The first-order valence-corrected chi connectivity index (χ1v) is 10.6. The number of anilines is 1. The molecular weight excluding hydrogens is 416 g/mol. The molecule has 4 rings (SSSR count). The first-order chi connectivity index (χ1) is 15.1. The summed E-state index contributed by atoms with van der Waals surface area (Å²) < 4.78 is 5.24. The van der Waals surface area contributed by atoms with Crippen LogP contribution < -0.4 is 9.64 Å². The summed E-state index contributed by atoms with van der Waals surface area (Å²) in [6.45, 7) is 0.853. The summed E-state index contributed by atoms with van der Waals surface area (Å²) in [5.41, 5.74) is 2.74. The van der Waals surface area contributed by atoms with Gasteiger partial charge in [-0.05, 0) is 42.7 Å². The Balaban J connectivity index is 1.73. The van der Waals surface area contributed by atoms with Crippen LogP contribution in [0.4, 0.5) is 5.95 Å². The van der Waals surface area contributed by atoms with Crippen molar-refractivity contribution in [1.82, 2.24) is 15.0 Å². The minimum absolute atomic E-state index is 0.00912. The molecule has 0 amide bonds. The van der Waals surface area contributed by atoms with E-state index >= 15 is 0 Å². The lowest BCUT2D eigenvalue weighted by Gasteiger charge is -2.24. The first kappa shape index (κ1) is 21.5. The number of aromatic nitrogens is 3. The molecule has 3 heterocycles. The van der Waals surface area contributed by atoms with E-state index < -0.39 is 6.10 Å². The SMILES string of the molecule is COc1ccc(Cc2nc(N3CCC[C@H]3CO)ncc2[C@H](O)c2ccccn2)cc1Cl. The molecule has 1 fully saturated rings. The van der Waals surface area contributed by atoms with Crippen molar-refractivity contribution in [1.29, 1.82) is 0 Å². The van der Waals surface area contributed by atoms with Gasteiger partial charge in [-0.3, -0.25) is 4.98 Å². The van der Waals surface area contributed by atoms with Crippen LogP contribution in [0.25, 0.3) is 0 Å². The fourth-order valence-electron chi connectivity index (χ4n) is 3.92. The van der Waals surface area contributed by atoms with Crippen LogP contribution in [0.5, 0.6) is 5.75 Å². The molecule has 0 bridgehead atoms. The third-order valence-electron chi connectivity index (χ3n) is 5.58. The molecule has 0 radical (unpaired) electrons. The molecule has 2 aromatic heterocycles. The number of rotatable bonds is 7. The molecule has 7 nitrogen and oxygen atoms in total. The van der Waals surface area contributed by atoms with E-state index in [2.05, 4.69) is 9.97 Å². The topological polar surface area (TPSA) is 91.6 Å². The Morgan fingerprint density at radius 2 is 2.13 bits per heavy atom. The average molecular weight is 441 g/mol. The van der Waals surface area contributed by atoms with Gasteiger partial charge >= 0.3 is 0 Å². The zero-order chi connectivity index (χ0) is 21.8. The van der Waals surface area contributed by atoms with Crippen molar-refractivity contribution in [2.45, 2.75) is 31.4 Å². The van der Waals surface area contributed by atoms with E-state index in [1.165, 1.54) is 0 Å². The number of aliphatic hydroxyl groups excluding tert-OH is 2. The number of halogens is 1. The lowest BCUT2D eigenvalue weighted by Crippen LogP contribution is -2.33. The number of nitrogens with zero attached hydrogens (tertiary/aromatic N) is 4. The molecule has 0 spiro atoms. The van der Waals surface area contributed by atoms with Gasteiger partial charge in [0.25, 0.3) is 0 Å². The zero-order valence-electron chi connectivity index (χ0n) is 17.3. The number of methoxy groups -OCH3 is 1. The van der Waals surface area contributed by atoms with Gasteiger partial charge in [0.15, 0.2) is 0 Å². The van der Waals surface area contributed by atoms with Crippen molar-refractivity contribution >= 4 is 17.5 Å². The third kappa shape index (κ3) is 4.63. The molecule has 1 aromatic carbocycles. The van der Waals surface area contributed by atoms with Crippen molar-refractivity contribution in [2.75, 3.05) is 25.2 Å². The molecular formula is C23H25ClN4O3. The predicted octanol–water partition coefficient (Wildman–Crippen LogP) is 3.17. The molecule has 8 heteroatoms. The highest BCUT2D eigenvalue weighted by Crippen LogP contribution is 2.30. The Hall–Kier alpha value is -2.74. The molecule has 0 saturated carbocycles. The first-order valence-electron chi connectivity index (χ1n) is 10.3. The minimum atomic E-state index is -0.953. The normalized spacial score (nSPS) is 17.0. The van der Waals surface area contributed by atoms with Gasteiger partial charge in [0.1, 0.15) is 11.9 Å². The smallest absolute Gasteiger partial charge is 0.225 e. The van der Waals surface area contributed by atoms with Crippen molar-refractivity contribution in [3.05, 3.63) is 76.3 Å². The third-order valence-corrected chi connectivity index (χ3v) is 5.88. The lowest BCUT2D eigenvalue weighted by molar-refractivity contribution is 0.213. The quantitative estimate of drug-likeness (QED) is 0.583. The number of ether oxygens (including phenoxy) is 1. The van der Waals surface area contributed by atoms with Gasteiger partial charge in [0, 0.05) is 30.9 Å². The van der Waals surface area contributed by atoms with E-state index in [0.29, 0.717) is 40.1 Å². The molecule has 2 atom stereocenters. The van der Waals surface area contributed by atoms with Crippen LogP contribution in [-0.2, 0) is 6.42 Å². The molecule has 3 aromatic rings. The Kier molecular flexibility index (Phi) is 6.65. The number of hydrogen-bond acceptors (Lipinski definition) is 7. The van der Waals surface area contributed by atoms with E-state index in [9.17, 15) is 10.2 Å². The van der Waals surface area contributed by atoms with E-state index in [-0.39, 0.29) is 12.6 Å². The largest absolute Gasteiger partial charge is 0.495 e. The number of aliphatic hydroxyl groups is 2. The number of hydrogen-bond donors (Lipinski definition) is 2. The highest BCUT2D eigenvalue weighted by Gasteiger charge is 2.27. The second-order valence-electron chi connectivity index (χ2n) is 7.55. The van der Waals surface area contributed by atoms with Gasteiger partial charge in [-0.15, -0.1) is 0 Å². The van der Waals surface area contributed by atoms with Gasteiger partial charge < -0.3 is 19.8 Å².